The van der Waals surface area contributed by atoms with E-state index >= 15 is 0 Å². The van der Waals surface area contributed by atoms with Gasteiger partial charge in [-0.25, -0.2) is 13.8 Å². The maximum atomic E-state index is 13.7. The molecule has 0 unspecified atom stereocenters. The number of carbonyl (C=O) groups excluding carboxylic acids is 1. The van der Waals surface area contributed by atoms with Crippen molar-refractivity contribution in [1.29, 1.82) is 0 Å². The average molecular weight is 336 g/mol. The number of hydrogen-bond acceptors (Lipinski definition) is 2. The summed E-state index contributed by atoms with van der Waals surface area (Å²) in [6.07, 6.45) is 2.03. The number of aromatic nitrogens is 2. The van der Waals surface area contributed by atoms with Gasteiger partial charge in [0.2, 0.25) is 0 Å². The SMILES string of the molecule is CCc1nc2ccc(Cl)cn2c1C(=O)Nc1c(F)cccc1F. The van der Waals surface area contributed by atoms with Crippen LogP contribution in [0.3, 0.4) is 0 Å². The van der Waals surface area contributed by atoms with Crippen molar-refractivity contribution >= 4 is 28.8 Å². The maximum absolute atomic E-state index is 13.7. The van der Waals surface area contributed by atoms with Crippen molar-refractivity contribution in [2.75, 3.05) is 5.32 Å². The molecule has 2 heterocycles. The highest BCUT2D eigenvalue weighted by Gasteiger charge is 2.21. The van der Waals surface area contributed by atoms with Gasteiger partial charge in [0.25, 0.3) is 5.91 Å². The molecule has 23 heavy (non-hydrogen) atoms. The van der Waals surface area contributed by atoms with E-state index in [1.807, 2.05) is 6.92 Å². The first-order chi connectivity index (χ1) is 11.0. The van der Waals surface area contributed by atoms with Crippen LogP contribution in [0.15, 0.2) is 36.5 Å². The van der Waals surface area contributed by atoms with Gasteiger partial charge in [0.15, 0.2) is 0 Å². The summed E-state index contributed by atoms with van der Waals surface area (Å²) in [6, 6.07) is 6.70. The Labute approximate surface area is 135 Å². The third kappa shape index (κ3) is 2.77. The number of benzene rings is 1. The van der Waals surface area contributed by atoms with Gasteiger partial charge in [-0.3, -0.25) is 9.20 Å². The second-order valence-corrected chi connectivity index (χ2v) is 5.32. The normalized spacial score (nSPS) is 11.0. The van der Waals surface area contributed by atoms with Gasteiger partial charge in [0.1, 0.15) is 28.7 Å². The summed E-state index contributed by atoms with van der Waals surface area (Å²) in [5.41, 5.74) is 0.760. The van der Waals surface area contributed by atoms with Gasteiger partial charge in [0.05, 0.1) is 10.7 Å². The second-order valence-electron chi connectivity index (χ2n) is 4.89. The Morgan fingerprint density at radius 1 is 1.26 bits per heavy atom. The highest BCUT2D eigenvalue weighted by atomic mass is 35.5. The van der Waals surface area contributed by atoms with Gasteiger partial charge in [-0.05, 0) is 30.7 Å². The molecule has 1 amide bonds. The van der Waals surface area contributed by atoms with Crippen LogP contribution in [0.5, 0.6) is 0 Å². The minimum atomic E-state index is -0.844. The van der Waals surface area contributed by atoms with E-state index in [9.17, 15) is 13.6 Å². The molecule has 0 atom stereocenters. The van der Waals surface area contributed by atoms with E-state index in [4.69, 9.17) is 11.6 Å². The maximum Gasteiger partial charge on any atom is 0.274 e. The van der Waals surface area contributed by atoms with Crippen LogP contribution in [-0.2, 0) is 6.42 Å². The number of halogens is 3. The van der Waals surface area contributed by atoms with E-state index in [2.05, 4.69) is 10.3 Å². The first-order valence-corrected chi connectivity index (χ1v) is 7.31. The van der Waals surface area contributed by atoms with E-state index in [0.717, 1.165) is 12.1 Å². The monoisotopic (exact) mass is 335 g/mol. The Morgan fingerprint density at radius 2 is 1.96 bits per heavy atom. The number of rotatable bonds is 3. The predicted octanol–water partition coefficient (Wildman–Crippen LogP) is 4.08. The molecule has 0 aliphatic carbocycles. The number of imidazole rings is 1. The Hall–Kier alpha value is -2.47. The number of fused-ring (bicyclic) bond motifs is 1. The highest BCUT2D eigenvalue weighted by Crippen LogP contribution is 2.22. The molecule has 1 N–H and O–H groups in total. The molecule has 4 nitrogen and oxygen atoms in total. The topological polar surface area (TPSA) is 46.4 Å². The molecule has 3 rings (SSSR count). The van der Waals surface area contributed by atoms with Gasteiger partial charge in [-0.1, -0.05) is 24.6 Å². The molecule has 3 aromatic rings. The standard InChI is InChI=1S/C16H12ClF2N3O/c1-2-12-15(22-8-9(17)6-7-13(22)20-12)16(23)21-14-10(18)4-3-5-11(14)19/h3-8H,2H2,1H3,(H,21,23). The number of carbonyl (C=O) groups is 1. The summed E-state index contributed by atoms with van der Waals surface area (Å²) >= 11 is 5.96. The molecule has 0 fully saturated rings. The first kappa shape index (κ1) is 15.4. The van der Waals surface area contributed by atoms with Crippen LogP contribution in [0.2, 0.25) is 5.02 Å². The average Bonchev–Trinajstić information content (AvgIpc) is 2.88. The zero-order valence-corrected chi connectivity index (χ0v) is 12.9. The van der Waals surface area contributed by atoms with Crippen LogP contribution >= 0.6 is 11.6 Å². The lowest BCUT2D eigenvalue weighted by Crippen LogP contribution is -2.18. The van der Waals surface area contributed by atoms with E-state index in [1.165, 1.54) is 16.7 Å². The van der Waals surface area contributed by atoms with Crippen LogP contribution in [0, 0.1) is 11.6 Å². The minimum absolute atomic E-state index is 0.202. The Kier molecular flexibility index (Phi) is 4.00. The zero-order valence-electron chi connectivity index (χ0n) is 12.1. The van der Waals surface area contributed by atoms with Gasteiger partial charge < -0.3 is 5.32 Å². The zero-order chi connectivity index (χ0) is 16.6. The Balaban J connectivity index is 2.09. The van der Waals surface area contributed by atoms with E-state index in [0.29, 0.717) is 22.8 Å². The number of pyridine rings is 1. The van der Waals surface area contributed by atoms with Crippen molar-refractivity contribution in [3.05, 3.63) is 64.6 Å². The van der Waals surface area contributed by atoms with Crippen molar-refractivity contribution in [2.45, 2.75) is 13.3 Å². The minimum Gasteiger partial charge on any atom is -0.316 e. The molecular weight excluding hydrogens is 324 g/mol. The molecule has 0 bridgehead atoms. The number of anilines is 1. The summed E-state index contributed by atoms with van der Waals surface area (Å²) in [5.74, 6) is -2.34. The van der Waals surface area contributed by atoms with E-state index in [-0.39, 0.29) is 5.69 Å². The predicted molar refractivity (Wildman–Crippen MR) is 83.9 cm³/mol. The molecule has 1 aromatic carbocycles. The van der Waals surface area contributed by atoms with Gasteiger partial charge in [0, 0.05) is 6.20 Å². The second kappa shape index (κ2) is 5.96. The third-order valence-corrected chi connectivity index (χ3v) is 3.63. The molecule has 0 saturated heterocycles. The molecule has 0 aliphatic heterocycles. The molecule has 0 aliphatic rings. The van der Waals surface area contributed by atoms with Crippen LogP contribution in [0.25, 0.3) is 5.65 Å². The van der Waals surface area contributed by atoms with Crippen molar-refractivity contribution in [3.63, 3.8) is 0 Å². The summed E-state index contributed by atoms with van der Waals surface area (Å²) < 4.78 is 28.9. The number of nitrogens with zero attached hydrogens (tertiary/aromatic N) is 2. The fourth-order valence-corrected chi connectivity index (χ4v) is 2.50. The molecule has 0 spiro atoms. The van der Waals surface area contributed by atoms with Crippen molar-refractivity contribution < 1.29 is 13.6 Å². The molecule has 2 aromatic heterocycles. The Bertz CT molecular complexity index is 887. The summed E-state index contributed by atoms with van der Waals surface area (Å²) in [5, 5.41) is 2.69. The van der Waals surface area contributed by atoms with Crippen LogP contribution < -0.4 is 5.32 Å². The van der Waals surface area contributed by atoms with E-state index in [1.54, 1.807) is 12.1 Å². The number of aryl methyl sites for hydroxylation is 1. The summed E-state index contributed by atoms with van der Waals surface area (Å²) in [4.78, 5) is 16.9. The third-order valence-electron chi connectivity index (χ3n) is 3.41. The highest BCUT2D eigenvalue weighted by molar-refractivity contribution is 6.30. The summed E-state index contributed by atoms with van der Waals surface area (Å²) in [7, 11) is 0. The summed E-state index contributed by atoms with van der Waals surface area (Å²) in [6.45, 7) is 1.84. The Morgan fingerprint density at radius 3 is 2.61 bits per heavy atom. The number of amides is 1. The lowest BCUT2D eigenvalue weighted by molar-refractivity contribution is 0.101. The molecular formula is C16H12ClF2N3O. The fourth-order valence-electron chi connectivity index (χ4n) is 2.34. The quantitative estimate of drug-likeness (QED) is 0.784. The molecule has 7 heteroatoms. The number of para-hydroxylation sites is 1. The van der Waals surface area contributed by atoms with Crippen molar-refractivity contribution in [3.8, 4) is 0 Å². The lowest BCUT2D eigenvalue weighted by atomic mass is 10.2. The number of nitrogens with one attached hydrogen (secondary N) is 1. The molecule has 0 saturated carbocycles. The van der Waals surface area contributed by atoms with Gasteiger partial charge in [-0.2, -0.15) is 0 Å². The van der Waals surface area contributed by atoms with E-state index < -0.39 is 23.2 Å². The van der Waals surface area contributed by atoms with Crippen LogP contribution in [-0.4, -0.2) is 15.3 Å². The van der Waals surface area contributed by atoms with Crippen LogP contribution in [0.1, 0.15) is 23.1 Å². The van der Waals surface area contributed by atoms with Gasteiger partial charge >= 0.3 is 0 Å². The molecule has 118 valence electrons. The molecule has 0 radical (unpaired) electrons. The first-order valence-electron chi connectivity index (χ1n) is 6.93. The lowest BCUT2D eigenvalue weighted by Gasteiger charge is -2.08. The van der Waals surface area contributed by atoms with Crippen molar-refractivity contribution in [1.82, 2.24) is 9.38 Å². The van der Waals surface area contributed by atoms with Crippen molar-refractivity contribution in [2.24, 2.45) is 0 Å². The van der Waals surface area contributed by atoms with Gasteiger partial charge in [-0.15, -0.1) is 0 Å². The van der Waals surface area contributed by atoms with Crippen LogP contribution in [0.4, 0.5) is 14.5 Å². The number of hydrogen-bond donors (Lipinski definition) is 1. The fraction of sp³-hybridized carbons (Fsp3) is 0.125. The smallest absolute Gasteiger partial charge is 0.274 e. The largest absolute Gasteiger partial charge is 0.316 e.